The van der Waals surface area contributed by atoms with Gasteiger partial charge in [0.05, 0.1) is 6.61 Å². The van der Waals surface area contributed by atoms with Gasteiger partial charge in [0.25, 0.3) is 0 Å². The number of unbranched alkanes of at least 4 members (excludes halogenated alkanes) is 1. The van der Waals surface area contributed by atoms with Crippen LogP contribution in [-0.2, 0) is 0 Å². The van der Waals surface area contributed by atoms with E-state index in [9.17, 15) is 0 Å². The molecule has 0 aliphatic carbocycles. The molecule has 0 fully saturated rings. The van der Waals surface area contributed by atoms with Crippen molar-refractivity contribution in [3.05, 3.63) is 34.3 Å². The first-order chi connectivity index (χ1) is 9.19. The maximum absolute atomic E-state index is 9.08. The van der Waals surface area contributed by atoms with E-state index >= 15 is 0 Å². The van der Waals surface area contributed by atoms with Crippen molar-refractivity contribution in [2.24, 2.45) is 5.73 Å². The number of benzene rings is 1. The van der Waals surface area contributed by atoms with Gasteiger partial charge in [0, 0.05) is 23.6 Å². The quantitative estimate of drug-likeness (QED) is 0.732. The van der Waals surface area contributed by atoms with Crippen molar-refractivity contribution in [2.75, 3.05) is 26.2 Å². The summed E-state index contributed by atoms with van der Waals surface area (Å²) in [7, 11) is 0. The van der Waals surface area contributed by atoms with Crippen LogP contribution in [-0.4, -0.2) is 36.2 Å². The lowest BCUT2D eigenvalue weighted by molar-refractivity contribution is 0.189. The lowest BCUT2D eigenvalue weighted by atomic mass is 10.0. The van der Waals surface area contributed by atoms with Crippen LogP contribution in [0.4, 0.5) is 0 Å². The largest absolute Gasteiger partial charge is 0.395 e. The number of hydrogen-bond donors (Lipinski definition) is 2. The highest BCUT2D eigenvalue weighted by molar-refractivity contribution is 9.10. The molecular formula is C15H25BrN2O. The standard InChI is InChI=1S/C15H25BrN2O/c1-2-3-9-18(11-12-19)10-8-15(17)13-6-4-5-7-14(13)16/h4-7,15,19H,2-3,8-12,17H2,1H3. The Kier molecular flexibility index (Phi) is 8.30. The van der Waals surface area contributed by atoms with Crippen LogP contribution in [0.5, 0.6) is 0 Å². The highest BCUT2D eigenvalue weighted by Crippen LogP contribution is 2.23. The van der Waals surface area contributed by atoms with Gasteiger partial charge in [-0.25, -0.2) is 0 Å². The van der Waals surface area contributed by atoms with Gasteiger partial charge in [0.15, 0.2) is 0 Å². The summed E-state index contributed by atoms with van der Waals surface area (Å²) in [6, 6.07) is 8.15. The molecule has 0 amide bonds. The van der Waals surface area contributed by atoms with Crippen molar-refractivity contribution in [3.63, 3.8) is 0 Å². The fraction of sp³-hybridized carbons (Fsp3) is 0.600. The highest BCUT2D eigenvalue weighted by Gasteiger charge is 2.11. The maximum atomic E-state index is 9.08. The third-order valence-corrected chi connectivity index (χ3v) is 4.03. The van der Waals surface area contributed by atoms with Gasteiger partial charge in [-0.3, -0.25) is 0 Å². The first-order valence-electron chi connectivity index (χ1n) is 7.02. The van der Waals surface area contributed by atoms with Crippen LogP contribution in [0.25, 0.3) is 0 Å². The Morgan fingerprint density at radius 1 is 1.26 bits per heavy atom. The normalized spacial score (nSPS) is 12.9. The Morgan fingerprint density at radius 3 is 2.63 bits per heavy atom. The number of hydrogen-bond acceptors (Lipinski definition) is 3. The second-order valence-corrected chi connectivity index (χ2v) is 5.69. The van der Waals surface area contributed by atoms with Gasteiger partial charge in [0.1, 0.15) is 0 Å². The van der Waals surface area contributed by atoms with E-state index in [0.717, 1.165) is 36.1 Å². The molecule has 19 heavy (non-hydrogen) atoms. The summed E-state index contributed by atoms with van der Waals surface area (Å²) >= 11 is 3.54. The number of halogens is 1. The van der Waals surface area contributed by atoms with Crippen LogP contribution in [0.3, 0.4) is 0 Å². The lowest BCUT2D eigenvalue weighted by Gasteiger charge is -2.23. The van der Waals surface area contributed by atoms with Crippen molar-refractivity contribution < 1.29 is 5.11 Å². The monoisotopic (exact) mass is 328 g/mol. The van der Waals surface area contributed by atoms with Gasteiger partial charge in [-0.15, -0.1) is 0 Å². The molecule has 1 aromatic rings. The molecule has 1 rings (SSSR count). The molecule has 108 valence electrons. The van der Waals surface area contributed by atoms with Gasteiger partial charge in [-0.2, -0.15) is 0 Å². The van der Waals surface area contributed by atoms with E-state index in [2.05, 4.69) is 33.8 Å². The summed E-state index contributed by atoms with van der Waals surface area (Å²) in [6.45, 7) is 5.11. The van der Waals surface area contributed by atoms with Crippen LogP contribution in [0.2, 0.25) is 0 Å². The molecule has 0 saturated carbocycles. The average Bonchev–Trinajstić information content (AvgIpc) is 2.42. The van der Waals surface area contributed by atoms with Crippen molar-refractivity contribution in [1.82, 2.24) is 4.90 Å². The van der Waals surface area contributed by atoms with E-state index in [1.807, 2.05) is 18.2 Å². The van der Waals surface area contributed by atoms with Crippen molar-refractivity contribution in [2.45, 2.75) is 32.2 Å². The summed E-state index contributed by atoms with van der Waals surface area (Å²) in [5, 5.41) is 9.08. The number of aliphatic hydroxyl groups is 1. The van der Waals surface area contributed by atoms with E-state index in [0.29, 0.717) is 0 Å². The first-order valence-corrected chi connectivity index (χ1v) is 7.81. The van der Waals surface area contributed by atoms with Gasteiger partial charge in [0.2, 0.25) is 0 Å². The molecule has 0 aromatic heterocycles. The van der Waals surface area contributed by atoms with E-state index in [1.54, 1.807) is 0 Å². The molecule has 1 unspecified atom stereocenters. The molecule has 3 nitrogen and oxygen atoms in total. The zero-order chi connectivity index (χ0) is 14.1. The zero-order valence-electron chi connectivity index (χ0n) is 11.7. The lowest BCUT2D eigenvalue weighted by Crippen LogP contribution is -2.31. The number of aliphatic hydroxyl groups excluding tert-OH is 1. The number of nitrogens with two attached hydrogens (primary N) is 1. The molecule has 0 spiro atoms. The Balaban J connectivity index is 2.47. The maximum Gasteiger partial charge on any atom is 0.0558 e. The van der Waals surface area contributed by atoms with Gasteiger partial charge >= 0.3 is 0 Å². The third kappa shape index (κ3) is 6.04. The third-order valence-electron chi connectivity index (χ3n) is 3.31. The SMILES string of the molecule is CCCCN(CCO)CCC(N)c1ccccc1Br. The second-order valence-electron chi connectivity index (χ2n) is 4.84. The van der Waals surface area contributed by atoms with Crippen molar-refractivity contribution in [1.29, 1.82) is 0 Å². The Bertz CT molecular complexity index is 360. The highest BCUT2D eigenvalue weighted by atomic mass is 79.9. The molecule has 0 heterocycles. The topological polar surface area (TPSA) is 49.5 Å². The minimum absolute atomic E-state index is 0.0402. The fourth-order valence-electron chi connectivity index (χ4n) is 2.11. The predicted molar refractivity (Wildman–Crippen MR) is 84.1 cm³/mol. The van der Waals surface area contributed by atoms with E-state index in [-0.39, 0.29) is 12.6 Å². The van der Waals surface area contributed by atoms with Crippen LogP contribution in [0.1, 0.15) is 37.8 Å². The molecule has 0 bridgehead atoms. The molecule has 4 heteroatoms. The molecular weight excluding hydrogens is 304 g/mol. The minimum atomic E-state index is 0.0402. The first kappa shape index (κ1) is 16.6. The predicted octanol–water partition coefficient (Wildman–Crippen LogP) is 2.93. The summed E-state index contributed by atoms with van der Waals surface area (Å²) in [5.41, 5.74) is 7.40. The van der Waals surface area contributed by atoms with E-state index in [1.165, 1.54) is 12.8 Å². The molecule has 0 radical (unpaired) electrons. The second kappa shape index (κ2) is 9.48. The zero-order valence-corrected chi connectivity index (χ0v) is 13.3. The number of rotatable bonds is 9. The van der Waals surface area contributed by atoms with Crippen LogP contribution in [0.15, 0.2) is 28.7 Å². The minimum Gasteiger partial charge on any atom is -0.395 e. The molecule has 3 N–H and O–H groups in total. The molecule has 0 aliphatic rings. The van der Waals surface area contributed by atoms with Gasteiger partial charge in [-0.05, 0) is 31.0 Å². The smallest absolute Gasteiger partial charge is 0.0558 e. The number of nitrogens with zero attached hydrogens (tertiary/aromatic N) is 1. The summed E-state index contributed by atoms with van der Waals surface area (Å²) in [6.07, 6.45) is 3.26. The molecule has 1 atom stereocenters. The van der Waals surface area contributed by atoms with Gasteiger partial charge < -0.3 is 15.7 Å². The summed E-state index contributed by atoms with van der Waals surface area (Å²) in [5.74, 6) is 0. The van der Waals surface area contributed by atoms with E-state index < -0.39 is 0 Å². The Hall–Kier alpha value is -0.420. The molecule has 0 aliphatic heterocycles. The van der Waals surface area contributed by atoms with Crippen LogP contribution in [0, 0.1) is 0 Å². The average molecular weight is 329 g/mol. The van der Waals surface area contributed by atoms with Crippen LogP contribution >= 0.6 is 15.9 Å². The van der Waals surface area contributed by atoms with Crippen molar-refractivity contribution in [3.8, 4) is 0 Å². The van der Waals surface area contributed by atoms with Crippen LogP contribution < -0.4 is 5.73 Å². The van der Waals surface area contributed by atoms with Gasteiger partial charge in [-0.1, -0.05) is 47.5 Å². The Labute approximate surface area is 124 Å². The molecule has 1 aromatic carbocycles. The fourth-order valence-corrected chi connectivity index (χ4v) is 2.69. The van der Waals surface area contributed by atoms with E-state index in [4.69, 9.17) is 10.8 Å². The Morgan fingerprint density at radius 2 is 2.00 bits per heavy atom. The summed E-state index contributed by atoms with van der Waals surface area (Å²) < 4.78 is 1.07. The summed E-state index contributed by atoms with van der Waals surface area (Å²) in [4.78, 5) is 2.29. The van der Waals surface area contributed by atoms with Crippen molar-refractivity contribution >= 4 is 15.9 Å². The molecule has 0 saturated heterocycles.